The van der Waals surface area contributed by atoms with Crippen LogP contribution in [0, 0.1) is 0 Å². The van der Waals surface area contributed by atoms with E-state index in [1.807, 2.05) is 0 Å². The second-order valence-corrected chi connectivity index (χ2v) is 9.56. The molecular weight excluding hydrogens is 500 g/mol. The molecule has 0 amide bonds. The maximum absolute atomic E-state index is 12.8. The van der Waals surface area contributed by atoms with Crippen molar-refractivity contribution in [2.24, 2.45) is 0 Å². The van der Waals surface area contributed by atoms with E-state index in [4.69, 9.17) is 37.9 Å². The molecule has 38 heavy (non-hydrogen) atoms. The SMILES string of the molecule is COC(=O)c1ccc(O[C@H]2COC3C2OC[C@@H]3OC(=O)c2ccc(O[C@H]3COC4C3OC[C@@H]4O)cc2)cc1. The summed E-state index contributed by atoms with van der Waals surface area (Å²) in [5, 5.41) is 9.87. The van der Waals surface area contributed by atoms with Crippen LogP contribution in [0.4, 0.5) is 0 Å². The summed E-state index contributed by atoms with van der Waals surface area (Å²) >= 11 is 0. The molecule has 202 valence electrons. The van der Waals surface area contributed by atoms with Crippen LogP contribution in [0.15, 0.2) is 48.5 Å². The minimum Gasteiger partial charge on any atom is -0.485 e. The minimum absolute atomic E-state index is 0.194. The van der Waals surface area contributed by atoms with Gasteiger partial charge in [0, 0.05) is 0 Å². The molecule has 4 aliphatic heterocycles. The van der Waals surface area contributed by atoms with Crippen molar-refractivity contribution < 1.29 is 52.6 Å². The van der Waals surface area contributed by atoms with Crippen LogP contribution < -0.4 is 9.47 Å². The van der Waals surface area contributed by atoms with Crippen LogP contribution in [0.5, 0.6) is 11.5 Å². The lowest BCUT2D eigenvalue weighted by atomic mass is 10.1. The molecule has 0 aliphatic carbocycles. The highest BCUT2D eigenvalue weighted by molar-refractivity contribution is 5.90. The van der Waals surface area contributed by atoms with Crippen molar-refractivity contribution in [1.29, 1.82) is 0 Å². The molecule has 6 rings (SSSR count). The molecular formula is C27H28O11. The molecule has 4 heterocycles. The topological polar surface area (TPSA) is 128 Å². The van der Waals surface area contributed by atoms with Gasteiger partial charge >= 0.3 is 11.9 Å². The first-order valence-corrected chi connectivity index (χ1v) is 12.5. The molecule has 4 unspecified atom stereocenters. The fourth-order valence-corrected chi connectivity index (χ4v) is 5.19. The normalized spacial score (nSPS) is 33.4. The summed E-state index contributed by atoms with van der Waals surface area (Å²) in [5.74, 6) is 0.203. The van der Waals surface area contributed by atoms with E-state index in [1.54, 1.807) is 48.5 Å². The summed E-state index contributed by atoms with van der Waals surface area (Å²) in [6.07, 6.45) is -3.45. The summed E-state index contributed by atoms with van der Waals surface area (Å²) in [5.41, 5.74) is 0.790. The van der Waals surface area contributed by atoms with Crippen molar-refractivity contribution in [2.75, 3.05) is 33.5 Å². The third-order valence-corrected chi connectivity index (χ3v) is 7.14. The van der Waals surface area contributed by atoms with Crippen LogP contribution in [0.25, 0.3) is 0 Å². The first kappa shape index (κ1) is 25.1. The number of carbonyl (C=O) groups is 2. The molecule has 8 atom stereocenters. The number of aliphatic hydroxyl groups excluding tert-OH is 1. The third kappa shape index (κ3) is 4.83. The Hall–Kier alpha value is -3.22. The Labute approximate surface area is 218 Å². The molecule has 0 spiro atoms. The summed E-state index contributed by atoms with van der Waals surface area (Å²) in [7, 11) is 1.33. The molecule has 0 bridgehead atoms. The zero-order chi connectivity index (χ0) is 26.2. The monoisotopic (exact) mass is 528 g/mol. The number of rotatable bonds is 7. The van der Waals surface area contributed by atoms with E-state index in [-0.39, 0.29) is 44.2 Å². The van der Waals surface area contributed by atoms with E-state index in [0.29, 0.717) is 29.2 Å². The van der Waals surface area contributed by atoms with Crippen LogP contribution in [0.2, 0.25) is 0 Å². The van der Waals surface area contributed by atoms with Gasteiger partial charge in [-0.2, -0.15) is 0 Å². The smallest absolute Gasteiger partial charge is 0.338 e. The molecule has 0 radical (unpaired) electrons. The molecule has 0 aromatic heterocycles. The molecule has 0 saturated carbocycles. The quantitative estimate of drug-likeness (QED) is 0.520. The Morgan fingerprint density at radius 2 is 1.11 bits per heavy atom. The van der Waals surface area contributed by atoms with E-state index >= 15 is 0 Å². The average Bonchev–Trinajstić information content (AvgIpc) is 3.71. The second-order valence-electron chi connectivity index (χ2n) is 9.56. The maximum Gasteiger partial charge on any atom is 0.338 e. The maximum atomic E-state index is 12.8. The number of methoxy groups -OCH3 is 1. The highest BCUT2D eigenvalue weighted by Crippen LogP contribution is 2.33. The number of benzene rings is 2. The van der Waals surface area contributed by atoms with Crippen LogP contribution in [-0.2, 0) is 28.4 Å². The molecule has 2 aromatic carbocycles. The average molecular weight is 529 g/mol. The number of hydrogen-bond donors (Lipinski definition) is 1. The van der Waals surface area contributed by atoms with Crippen molar-refractivity contribution >= 4 is 11.9 Å². The van der Waals surface area contributed by atoms with Gasteiger partial charge in [0.25, 0.3) is 0 Å². The fourth-order valence-electron chi connectivity index (χ4n) is 5.19. The van der Waals surface area contributed by atoms with Crippen LogP contribution in [0.3, 0.4) is 0 Å². The second kappa shape index (κ2) is 10.5. The Bertz CT molecular complexity index is 1150. The Balaban J connectivity index is 1.01. The van der Waals surface area contributed by atoms with Gasteiger partial charge in [0.15, 0.2) is 18.3 Å². The molecule has 11 heteroatoms. The predicted octanol–water partition coefficient (Wildman–Crippen LogP) is 1.15. The van der Waals surface area contributed by atoms with Crippen LogP contribution >= 0.6 is 0 Å². The standard InChI is InChI=1S/C27H28O11/c1-31-26(29)14-2-6-16(7-3-14)37-20-12-34-25-21(13-35-24(20)25)38-27(30)15-4-8-17(9-5-15)36-19-11-33-22-18(28)10-32-23(19)22/h2-9,18-25,28H,10-13H2,1H3/t18-,19-,20-,21-,22?,23?,24?,25?/m0/s1. The molecule has 1 N–H and O–H groups in total. The van der Waals surface area contributed by atoms with Gasteiger partial charge in [-0.1, -0.05) is 0 Å². The van der Waals surface area contributed by atoms with Gasteiger partial charge in [0.2, 0.25) is 0 Å². The zero-order valence-electron chi connectivity index (χ0n) is 20.6. The molecule has 11 nitrogen and oxygen atoms in total. The number of esters is 2. The Morgan fingerprint density at radius 3 is 1.68 bits per heavy atom. The first-order chi connectivity index (χ1) is 18.5. The zero-order valence-corrected chi connectivity index (χ0v) is 20.6. The molecule has 4 fully saturated rings. The lowest BCUT2D eigenvalue weighted by Crippen LogP contribution is -2.36. The molecule has 4 aliphatic rings. The van der Waals surface area contributed by atoms with E-state index < -0.39 is 36.4 Å². The Morgan fingerprint density at radius 1 is 0.658 bits per heavy atom. The fraction of sp³-hybridized carbons (Fsp3) is 0.481. The lowest BCUT2D eigenvalue weighted by Gasteiger charge is -2.19. The highest BCUT2D eigenvalue weighted by atomic mass is 16.7. The third-order valence-electron chi connectivity index (χ3n) is 7.14. The molecule has 4 saturated heterocycles. The van der Waals surface area contributed by atoms with Crippen LogP contribution in [-0.4, -0.2) is 99.4 Å². The first-order valence-electron chi connectivity index (χ1n) is 12.5. The van der Waals surface area contributed by atoms with Gasteiger partial charge < -0.3 is 43.0 Å². The van der Waals surface area contributed by atoms with Crippen molar-refractivity contribution in [2.45, 2.75) is 48.8 Å². The summed E-state index contributed by atoms with van der Waals surface area (Å²) < 4.78 is 45.3. The Kier molecular flexibility index (Phi) is 6.93. The van der Waals surface area contributed by atoms with Crippen LogP contribution in [0.1, 0.15) is 20.7 Å². The van der Waals surface area contributed by atoms with Gasteiger partial charge in [0.1, 0.15) is 42.0 Å². The van der Waals surface area contributed by atoms with E-state index in [9.17, 15) is 14.7 Å². The van der Waals surface area contributed by atoms with Gasteiger partial charge in [-0.05, 0) is 48.5 Å². The summed E-state index contributed by atoms with van der Waals surface area (Å²) in [4.78, 5) is 24.4. The van der Waals surface area contributed by atoms with Gasteiger partial charge in [-0.15, -0.1) is 0 Å². The molecule has 2 aromatic rings. The van der Waals surface area contributed by atoms with Crippen molar-refractivity contribution in [1.82, 2.24) is 0 Å². The van der Waals surface area contributed by atoms with E-state index in [2.05, 4.69) is 0 Å². The van der Waals surface area contributed by atoms with Crippen molar-refractivity contribution in [3.8, 4) is 11.5 Å². The number of ether oxygens (including phenoxy) is 8. The van der Waals surface area contributed by atoms with Gasteiger partial charge in [0.05, 0.1) is 44.7 Å². The van der Waals surface area contributed by atoms with Gasteiger partial charge in [-0.25, -0.2) is 9.59 Å². The minimum atomic E-state index is -0.643. The van der Waals surface area contributed by atoms with Crippen molar-refractivity contribution in [3.63, 3.8) is 0 Å². The lowest BCUT2D eigenvalue weighted by molar-refractivity contribution is -0.0190. The number of fused-ring (bicyclic) bond motifs is 2. The number of carbonyl (C=O) groups excluding carboxylic acids is 2. The van der Waals surface area contributed by atoms with Gasteiger partial charge in [-0.3, -0.25) is 0 Å². The number of hydrogen-bond acceptors (Lipinski definition) is 11. The highest BCUT2D eigenvalue weighted by Gasteiger charge is 2.51. The largest absolute Gasteiger partial charge is 0.485 e. The van der Waals surface area contributed by atoms with Crippen molar-refractivity contribution in [3.05, 3.63) is 59.7 Å². The predicted molar refractivity (Wildman–Crippen MR) is 127 cm³/mol. The number of aliphatic hydroxyl groups is 1. The summed E-state index contributed by atoms with van der Waals surface area (Å²) in [6.45, 7) is 1.03. The van der Waals surface area contributed by atoms with E-state index in [0.717, 1.165) is 0 Å². The van der Waals surface area contributed by atoms with E-state index in [1.165, 1.54) is 7.11 Å². The summed E-state index contributed by atoms with van der Waals surface area (Å²) in [6, 6.07) is 13.2.